The summed E-state index contributed by atoms with van der Waals surface area (Å²) in [4.78, 5) is 41.4. The van der Waals surface area contributed by atoms with Crippen LogP contribution in [0, 0.1) is 0 Å². The predicted molar refractivity (Wildman–Crippen MR) is 138 cm³/mol. The fraction of sp³-hybridized carbons (Fsp3) is 0.345. The van der Waals surface area contributed by atoms with Gasteiger partial charge in [0.15, 0.2) is 0 Å². The third-order valence-corrected chi connectivity index (χ3v) is 6.61. The van der Waals surface area contributed by atoms with Crippen molar-refractivity contribution in [3.8, 4) is 0 Å². The van der Waals surface area contributed by atoms with Gasteiger partial charge in [-0.05, 0) is 47.7 Å². The van der Waals surface area contributed by atoms with Gasteiger partial charge < -0.3 is 15.5 Å². The minimum absolute atomic E-state index is 0.109. The van der Waals surface area contributed by atoms with Gasteiger partial charge in [-0.25, -0.2) is 0 Å². The highest BCUT2D eigenvalue weighted by Crippen LogP contribution is 2.23. The summed E-state index contributed by atoms with van der Waals surface area (Å²) < 4.78 is 0. The van der Waals surface area contributed by atoms with E-state index in [-0.39, 0.29) is 17.7 Å². The third kappa shape index (κ3) is 5.88. The van der Waals surface area contributed by atoms with Crippen molar-refractivity contribution in [3.63, 3.8) is 0 Å². The number of carbonyl (C=O) groups excluding carboxylic acids is 3. The summed E-state index contributed by atoms with van der Waals surface area (Å²) in [5, 5.41) is 8.08. The van der Waals surface area contributed by atoms with Gasteiger partial charge in [0, 0.05) is 25.1 Å². The smallest absolute Gasteiger partial charge is 0.251 e. The number of amides is 3. The highest BCUT2D eigenvalue weighted by Gasteiger charge is 2.37. The zero-order valence-corrected chi connectivity index (χ0v) is 20.2. The zero-order valence-electron chi connectivity index (χ0n) is 20.2. The van der Waals surface area contributed by atoms with E-state index in [1.807, 2.05) is 48.5 Å². The molecule has 3 aromatic rings. The van der Waals surface area contributed by atoms with E-state index in [0.717, 1.165) is 35.6 Å². The Labute approximate surface area is 206 Å². The standard InChI is InChI=1S/C29H33N3O3/c1-2-3-18-30-28(34)26-17-10-19-32(26)29(35)25(31-27(33)22-12-5-4-6-13-22)20-23-15-9-14-21-11-7-8-16-24(21)23/h4-9,11-16,25-26H,2-3,10,17-20H2,1H3,(H,30,34)(H,31,33)/t25-,26+/m1/s1. The van der Waals surface area contributed by atoms with Crippen molar-refractivity contribution in [2.45, 2.75) is 51.1 Å². The third-order valence-electron chi connectivity index (χ3n) is 6.61. The number of fused-ring (bicyclic) bond motifs is 1. The van der Waals surface area contributed by atoms with Crippen LogP contribution >= 0.6 is 0 Å². The highest BCUT2D eigenvalue weighted by atomic mass is 16.2. The number of hydrogen-bond acceptors (Lipinski definition) is 3. The number of likely N-dealkylation sites (tertiary alicyclic amines) is 1. The van der Waals surface area contributed by atoms with E-state index < -0.39 is 12.1 Å². The first-order valence-corrected chi connectivity index (χ1v) is 12.5. The Morgan fingerprint density at radius 2 is 1.71 bits per heavy atom. The molecule has 182 valence electrons. The van der Waals surface area contributed by atoms with E-state index in [9.17, 15) is 14.4 Å². The number of unbranched alkanes of at least 4 members (excludes halogenated alkanes) is 1. The van der Waals surface area contributed by atoms with Crippen LogP contribution in [0.3, 0.4) is 0 Å². The number of rotatable bonds is 9. The molecule has 0 saturated carbocycles. The molecule has 2 N–H and O–H groups in total. The summed E-state index contributed by atoms with van der Waals surface area (Å²) in [6, 6.07) is 21.7. The molecular formula is C29H33N3O3. The number of benzene rings is 3. The topological polar surface area (TPSA) is 78.5 Å². The summed E-state index contributed by atoms with van der Waals surface area (Å²) in [5.74, 6) is -0.620. The van der Waals surface area contributed by atoms with Crippen LogP contribution in [0.1, 0.15) is 48.5 Å². The molecule has 1 fully saturated rings. The van der Waals surface area contributed by atoms with E-state index in [1.54, 1.807) is 29.2 Å². The number of hydrogen-bond donors (Lipinski definition) is 2. The Kier molecular flexibility index (Phi) is 8.14. The van der Waals surface area contributed by atoms with Gasteiger partial charge in [0.05, 0.1) is 0 Å². The van der Waals surface area contributed by atoms with Crippen molar-refractivity contribution in [2.24, 2.45) is 0 Å². The van der Waals surface area contributed by atoms with Gasteiger partial charge >= 0.3 is 0 Å². The Hall–Kier alpha value is -3.67. The van der Waals surface area contributed by atoms with Crippen molar-refractivity contribution >= 4 is 28.5 Å². The molecule has 2 atom stereocenters. The minimum atomic E-state index is -0.780. The average Bonchev–Trinajstić information content (AvgIpc) is 3.39. The molecule has 0 aliphatic carbocycles. The lowest BCUT2D eigenvalue weighted by Gasteiger charge is -2.29. The average molecular weight is 472 g/mol. The van der Waals surface area contributed by atoms with Crippen molar-refractivity contribution in [1.82, 2.24) is 15.5 Å². The molecule has 0 bridgehead atoms. The lowest BCUT2D eigenvalue weighted by atomic mass is 9.97. The first-order valence-electron chi connectivity index (χ1n) is 12.5. The van der Waals surface area contributed by atoms with E-state index >= 15 is 0 Å². The molecule has 4 rings (SSSR count). The Morgan fingerprint density at radius 3 is 2.51 bits per heavy atom. The monoisotopic (exact) mass is 471 g/mol. The SMILES string of the molecule is CCCCNC(=O)[C@@H]1CCCN1C(=O)[C@@H](Cc1cccc2ccccc12)NC(=O)c1ccccc1. The van der Waals surface area contributed by atoms with Crippen molar-refractivity contribution in [2.75, 3.05) is 13.1 Å². The molecule has 1 aliphatic heterocycles. The van der Waals surface area contributed by atoms with Gasteiger partial charge in [-0.2, -0.15) is 0 Å². The molecule has 1 saturated heterocycles. The van der Waals surface area contributed by atoms with Gasteiger partial charge in [-0.1, -0.05) is 74.0 Å². The first kappa shape index (κ1) is 24.5. The van der Waals surface area contributed by atoms with Crippen LogP contribution in [-0.2, 0) is 16.0 Å². The van der Waals surface area contributed by atoms with Crippen LogP contribution in [0.25, 0.3) is 10.8 Å². The van der Waals surface area contributed by atoms with Gasteiger partial charge in [0.25, 0.3) is 5.91 Å². The largest absolute Gasteiger partial charge is 0.354 e. The van der Waals surface area contributed by atoms with E-state index in [0.29, 0.717) is 31.5 Å². The molecule has 0 spiro atoms. The second kappa shape index (κ2) is 11.6. The number of nitrogens with one attached hydrogen (secondary N) is 2. The normalized spacial score (nSPS) is 16.1. The van der Waals surface area contributed by atoms with Crippen LogP contribution < -0.4 is 10.6 Å². The fourth-order valence-electron chi connectivity index (χ4n) is 4.73. The molecule has 6 nitrogen and oxygen atoms in total. The quantitative estimate of drug-likeness (QED) is 0.462. The van der Waals surface area contributed by atoms with E-state index in [1.165, 1.54) is 0 Å². The maximum Gasteiger partial charge on any atom is 0.251 e. The van der Waals surface area contributed by atoms with Crippen LogP contribution in [0.4, 0.5) is 0 Å². The van der Waals surface area contributed by atoms with Crippen molar-refractivity contribution in [1.29, 1.82) is 0 Å². The second-order valence-electron chi connectivity index (χ2n) is 9.07. The zero-order chi connectivity index (χ0) is 24.6. The molecule has 3 aromatic carbocycles. The molecule has 35 heavy (non-hydrogen) atoms. The van der Waals surface area contributed by atoms with Crippen LogP contribution in [0.15, 0.2) is 72.8 Å². The summed E-state index contributed by atoms with van der Waals surface area (Å²) >= 11 is 0. The van der Waals surface area contributed by atoms with Gasteiger partial charge in [0.1, 0.15) is 12.1 Å². The van der Waals surface area contributed by atoms with Crippen molar-refractivity contribution in [3.05, 3.63) is 83.9 Å². The number of nitrogens with zero attached hydrogens (tertiary/aromatic N) is 1. The Bertz CT molecular complexity index is 1170. The summed E-state index contributed by atoms with van der Waals surface area (Å²) in [6.45, 7) is 3.20. The van der Waals surface area contributed by atoms with Crippen LogP contribution in [0.2, 0.25) is 0 Å². The number of carbonyl (C=O) groups is 3. The van der Waals surface area contributed by atoms with Gasteiger partial charge in [-0.3, -0.25) is 14.4 Å². The van der Waals surface area contributed by atoms with E-state index in [2.05, 4.69) is 17.6 Å². The fourth-order valence-corrected chi connectivity index (χ4v) is 4.73. The summed E-state index contributed by atoms with van der Waals surface area (Å²) in [7, 11) is 0. The molecule has 0 unspecified atom stereocenters. The minimum Gasteiger partial charge on any atom is -0.354 e. The van der Waals surface area contributed by atoms with Gasteiger partial charge in [0.2, 0.25) is 11.8 Å². The molecular weight excluding hydrogens is 438 g/mol. The molecule has 0 aromatic heterocycles. The highest BCUT2D eigenvalue weighted by molar-refractivity contribution is 5.99. The van der Waals surface area contributed by atoms with Crippen LogP contribution in [0.5, 0.6) is 0 Å². The molecule has 3 amide bonds. The Balaban J connectivity index is 1.59. The molecule has 0 radical (unpaired) electrons. The first-order chi connectivity index (χ1) is 17.1. The maximum atomic E-state index is 13.8. The molecule has 6 heteroatoms. The van der Waals surface area contributed by atoms with Crippen molar-refractivity contribution < 1.29 is 14.4 Å². The second-order valence-corrected chi connectivity index (χ2v) is 9.07. The van der Waals surface area contributed by atoms with Crippen LogP contribution in [-0.4, -0.2) is 47.8 Å². The van der Waals surface area contributed by atoms with E-state index in [4.69, 9.17) is 0 Å². The lowest BCUT2D eigenvalue weighted by molar-refractivity contribution is -0.139. The summed E-state index contributed by atoms with van der Waals surface area (Å²) in [6.07, 6.45) is 3.65. The maximum absolute atomic E-state index is 13.8. The Morgan fingerprint density at radius 1 is 0.971 bits per heavy atom. The lowest BCUT2D eigenvalue weighted by Crippen LogP contribution is -2.54. The predicted octanol–water partition coefficient (Wildman–Crippen LogP) is 4.09. The van der Waals surface area contributed by atoms with Gasteiger partial charge in [-0.15, -0.1) is 0 Å². The summed E-state index contributed by atoms with van der Waals surface area (Å²) in [5.41, 5.74) is 1.48. The molecule has 1 heterocycles. The molecule has 1 aliphatic rings.